The molecule has 3 N–H and O–H groups in total. The molecule has 5 nitrogen and oxygen atoms in total. The highest BCUT2D eigenvalue weighted by molar-refractivity contribution is 5.52. The van der Waals surface area contributed by atoms with E-state index in [1.807, 2.05) is 0 Å². The minimum Gasteiger partial charge on any atom is -0.369 e. The summed E-state index contributed by atoms with van der Waals surface area (Å²) < 4.78 is 1.81. The lowest BCUT2D eigenvalue weighted by molar-refractivity contribution is 0.422. The fourth-order valence-electron chi connectivity index (χ4n) is 1.50. The quantitative estimate of drug-likeness (QED) is 0.620. The second-order valence-corrected chi connectivity index (χ2v) is 3.18. The van der Waals surface area contributed by atoms with Crippen molar-refractivity contribution in [2.24, 2.45) is 11.7 Å². The molecule has 0 spiro atoms. The van der Waals surface area contributed by atoms with Crippen molar-refractivity contribution in [2.75, 3.05) is 18.4 Å². The third kappa shape index (κ3) is 1.25. The van der Waals surface area contributed by atoms with Crippen molar-refractivity contribution in [1.29, 1.82) is 5.26 Å². The number of aromatic nitrogens is 2. The molecule has 1 atom stereocenters. The van der Waals surface area contributed by atoms with Gasteiger partial charge in [-0.3, -0.25) is 0 Å². The van der Waals surface area contributed by atoms with Gasteiger partial charge in [-0.05, 0) is 6.54 Å². The van der Waals surface area contributed by atoms with Crippen LogP contribution in [0.2, 0.25) is 0 Å². The molecule has 2 rings (SSSR count). The second kappa shape index (κ2) is 3.07. The highest BCUT2D eigenvalue weighted by atomic mass is 15.3. The number of rotatable bonds is 1. The molecule has 0 saturated carbocycles. The van der Waals surface area contributed by atoms with Gasteiger partial charge in [-0.25, -0.2) is 4.68 Å². The van der Waals surface area contributed by atoms with E-state index in [1.165, 1.54) is 0 Å². The van der Waals surface area contributed by atoms with Crippen LogP contribution < -0.4 is 11.1 Å². The third-order valence-electron chi connectivity index (χ3n) is 2.28. The van der Waals surface area contributed by atoms with Crippen molar-refractivity contribution in [3.63, 3.8) is 0 Å². The summed E-state index contributed by atoms with van der Waals surface area (Å²) >= 11 is 0. The number of nitrogens with one attached hydrogen (secondary N) is 1. The molecule has 68 valence electrons. The van der Waals surface area contributed by atoms with Crippen molar-refractivity contribution in [3.05, 3.63) is 11.8 Å². The van der Waals surface area contributed by atoms with Gasteiger partial charge < -0.3 is 11.1 Å². The summed E-state index contributed by atoms with van der Waals surface area (Å²) in [7, 11) is 0. The lowest BCUT2D eigenvalue weighted by atomic mass is 10.1. The predicted octanol–water partition coefficient (Wildman–Crippen LogP) is -0.245. The maximum Gasteiger partial charge on any atom is 0.142 e. The first kappa shape index (κ1) is 8.08. The van der Waals surface area contributed by atoms with Gasteiger partial charge in [-0.2, -0.15) is 10.4 Å². The van der Waals surface area contributed by atoms with Gasteiger partial charge >= 0.3 is 0 Å². The number of fused-ring (bicyclic) bond motifs is 1. The number of hydrogen-bond acceptors (Lipinski definition) is 4. The van der Waals surface area contributed by atoms with E-state index in [2.05, 4.69) is 16.5 Å². The van der Waals surface area contributed by atoms with Crippen molar-refractivity contribution >= 4 is 5.82 Å². The smallest absolute Gasteiger partial charge is 0.142 e. The second-order valence-electron chi connectivity index (χ2n) is 3.18. The van der Waals surface area contributed by atoms with Gasteiger partial charge in [0, 0.05) is 19.0 Å². The van der Waals surface area contributed by atoms with E-state index in [1.54, 1.807) is 10.9 Å². The van der Waals surface area contributed by atoms with Gasteiger partial charge in [0.15, 0.2) is 0 Å². The van der Waals surface area contributed by atoms with Crippen LogP contribution in [-0.2, 0) is 6.54 Å². The summed E-state index contributed by atoms with van der Waals surface area (Å²) in [5, 5.41) is 16.0. The van der Waals surface area contributed by atoms with E-state index in [0.717, 1.165) is 18.9 Å². The van der Waals surface area contributed by atoms with Crippen molar-refractivity contribution in [3.8, 4) is 6.07 Å². The Morgan fingerprint density at radius 1 is 1.85 bits per heavy atom. The van der Waals surface area contributed by atoms with Gasteiger partial charge in [0.05, 0.1) is 6.20 Å². The van der Waals surface area contributed by atoms with Crippen LogP contribution in [0.15, 0.2) is 6.20 Å². The van der Waals surface area contributed by atoms with Crippen LogP contribution in [0.25, 0.3) is 0 Å². The molecule has 1 aromatic heterocycles. The highest BCUT2D eigenvalue weighted by Crippen LogP contribution is 2.20. The van der Waals surface area contributed by atoms with E-state index >= 15 is 0 Å². The monoisotopic (exact) mass is 177 g/mol. The maximum absolute atomic E-state index is 8.74. The summed E-state index contributed by atoms with van der Waals surface area (Å²) in [6.45, 7) is 2.28. The van der Waals surface area contributed by atoms with Crippen LogP contribution in [0.4, 0.5) is 5.82 Å². The normalized spacial score (nSPS) is 20.2. The van der Waals surface area contributed by atoms with Crippen LogP contribution in [0.3, 0.4) is 0 Å². The fraction of sp³-hybridized carbons (Fsp3) is 0.500. The molecule has 2 heterocycles. The molecule has 0 saturated heterocycles. The average molecular weight is 177 g/mol. The molecule has 0 amide bonds. The Morgan fingerprint density at radius 2 is 2.69 bits per heavy atom. The SMILES string of the molecule is N#Cc1cnn2c1NCC(CN)C2. The summed E-state index contributed by atoms with van der Waals surface area (Å²) in [6, 6.07) is 2.09. The van der Waals surface area contributed by atoms with E-state index in [-0.39, 0.29) is 0 Å². The van der Waals surface area contributed by atoms with Gasteiger partial charge in [0.2, 0.25) is 0 Å². The molecular formula is C8H11N5. The summed E-state index contributed by atoms with van der Waals surface area (Å²) in [5.74, 6) is 1.24. The zero-order valence-corrected chi connectivity index (χ0v) is 7.20. The first-order valence-electron chi connectivity index (χ1n) is 4.25. The standard InChI is InChI=1S/C8H11N5/c9-1-6-3-11-8-7(2-10)4-12-13(8)5-6/h4,6,11H,1,3,5,9H2. The van der Waals surface area contributed by atoms with Gasteiger partial charge in [-0.1, -0.05) is 0 Å². The summed E-state index contributed by atoms with van der Waals surface area (Å²) in [5.41, 5.74) is 6.16. The molecule has 1 aliphatic heterocycles. The Kier molecular flexibility index (Phi) is 1.91. The zero-order valence-electron chi connectivity index (χ0n) is 7.20. The Balaban J connectivity index is 2.29. The van der Waals surface area contributed by atoms with Gasteiger partial charge in [0.25, 0.3) is 0 Å². The minimum absolute atomic E-state index is 0.416. The molecule has 1 aliphatic rings. The number of anilines is 1. The maximum atomic E-state index is 8.74. The van der Waals surface area contributed by atoms with Gasteiger partial charge in [-0.15, -0.1) is 0 Å². The first-order chi connectivity index (χ1) is 6.35. The predicted molar refractivity (Wildman–Crippen MR) is 48.0 cm³/mol. The minimum atomic E-state index is 0.416. The van der Waals surface area contributed by atoms with Crippen LogP contribution in [0, 0.1) is 17.2 Å². The molecule has 0 aromatic carbocycles. The van der Waals surface area contributed by atoms with Crippen molar-refractivity contribution < 1.29 is 0 Å². The van der Waals surface area contributed by atoms with Crippen molar-refractivity contribution in [1.82, 2.24) is 9.78 Å². The summed E-state index contributed by atoms with van der Waals surface area (Å²) in [4.78, 5) is 0. The number of nitriles is 1. The Labute approximate surface area is 76.1 Å². The molecule has 0 fully saturated rings. The Hall–Kier alpha value is -1.54. The molecule has 0 radical (unpaired) electrons. The zero-order chi connectivity index (χ0) is 9.26. The molecule has 1 aromatic rings. The van der Waals surface area contributed by atoms with Crippen LogP contribution >= 0.6 is 0 Å². The van der Waals surface area contributed by atoms with Crippen LogP contribution in [0.1, 0.15) is 5.56 Å². The average Bonchev–Trinajstić information content (AvgIpc) is 2.59. The number of nitrogens with two attached hydrogens (primary N) is 1. The van der Waals surface area contributed by atoms with E-state index in [9.17, 15) is 0 Å². The Bertz CT molecular complexity index is 348. The molecule has 5 heteroatoms. The molecule has 0 bridgehead atoms. The number of hydrogen-bond donors (Lipinski definition) is 2. The summed E-state index contributed by atoms with van der Waals surface area (Å²) in [6.07, 6.45) is 1.58. The lowest BCUT2D eigenvalue weighted by Gasteiger charge is -2.23. The van der Waals surface area contributed by atoms with Crippen LogP contribution in [-0.4, -0.2) is 22.9 Å². The largest absolute Gasteiger partial charge is 0.369 e. The molecule has 1 unspecified atom stereocenters. The molecular weight excluding hydrogens is 166 g/mol. The van der Waals surface area contributed by atoms with E-state index < -0.39 is 0 Å². The first-order valence-corrected chi connectivity index (χ1v) is 4.25. The van der Waals surface area contributed by atoms with E-state index in [0.29, 0.717) is 18.0 Å². The van der Waals surface area contributed by atoms with Crippen molar-refractivity contribution in [2.45, 2.75) is 6.54 Å². The molecule has 13 heavy (non-hydrogen) atoms. The number of nitrogens with zero attached hydrogens (tertiary/aromatic N) is 3. The molecule has 0 aliphatic carbocycles. The van der Waals surface area contributed by atoms with Crippen LogP contribution in [0.5, 0.6) is 0 Å². The Morgan fingerprint density at radius 3 is 3.38 bits per heavy atom. The lowest BCUT2D eigenvalue weighted by Crippen LogP contribution is -2.33. The van der Waals surface area contributed by atoms with E-state index in [4.69, 9.17) is 11.0 Å². The fourth-order valence-corrected chi connectivity index (χ4v) is 1.50. The topological polar surface area (TPSA) is 79.7 Å². The highest BCUT2D eigenvalue weighted by Gasteiger charge is 2.19. The van der Waals surface area contributed by atoms with Gasteiger partial charge in [0.1, 0.15) is 17.5 Å². The third-order valence-corrected chi connectivity index (χ3v) is 2.28.